The molecule has 3 heteroatoms. The van der Waals surface area contributed by atoms with Gasteiger partial charge in [0.2, 0.25) is 0 Å². The molecule has 3 rings (SSSR count). The summed E-state index contributed by atoms with van der Waals surface area (Å²) >= 11 is 0. The molecule has 0 unspecified atom stereocenters. The SMILES string of the molecule is c1ccc(C23CP(CO2)CO3)cc1. The first-order chi connectivity index (χ1) is 6.39. The lowest BCUT2D eigenvalue weighted by atomic mass is 10.1. The average Bonchev–Trinajstić information content (AvgIpc) is 2.80. The molecule has 1 aromatic rings. The van der Waals surface area contributed by atoms with Crippen LogP contribution < -0.4 is 0 Å². The van der Waals surface area contributed by atoms with Crippen molar-refractivity contribution in [3.63, 3.8) is 0 Å². The van der Waals surface area contributed by atoms with Gasteiger partial charge in [-0.25, -0.2) is 0 Å². The Labute approximate surface area is 78.6 Å². The van der Waals surface area contributed by atoms with Crippen LogP contribution in [0.25, 0.3) is 0 Å². The molecule has 1 aromatic carbocycles. The van der Waals surface area contributed by atoms with E-state index in [1.165, 1.54) is 5.56 Å². The molecule has 0 N–H and O–H groups in total. The Morgan fingerprint density at radius 2 is 1.77 bits per heavy atom. The zero-order valence-corrected chi connectivity index (χ0v) is 8.17. The van der Waals surface area contributed by atoms with Crippen molar-refractivity contribution < 1.29 is 9.47 Å². The van der Waals surface area contributed by atoms with Crippen molar-refractivity contribution in [3.05, 3.63) is 35.9 Å². The Hall–Kier alpha value is -0.430. The van der Waals surface area contributed by atoms with Gasteiger partial charge < -0.3 is 9.47 Å². The highest BCUT2D eigenvalue weighted by Gasteiger charge is 2.48. The van der Waals surface area contributed by atoms with Crippen LogP contribution in [0.3, 0.4) is 0 Å². The van der Waals surface area contributed by atoms with Crippen LogP contribution in [0.4, 0.5) is 0 Å². The number of hydrogen-bond acceptors (Lipinski definition) is 2. The number of rotatable bonds is 1. The Balaban J connectivity index is 2.00. The second kappa shape index (κ2) is 2.78. The van der Waals surface area contributed by atoms with E-state index in [1.807, 2.05) is 18.2 Å². The highest BCUT2D eigenvalue weighted by atomic mass is 31.1. The molecule has 0 saturated carbocycles. The van der Waals surface area contributed by atoms with Gasteiger partial charge in [-0.1, -0.05) is 30.3 Å². The summed E-state index contributed by atoms with van der Waals surface area (Å²) in [4.78, 5) is 0. The molecule has 13 heavy (non-hydrogen) atoms. The van der Waals surface area contributed by atoms with Crippen molar-refractivity contribution >= 4 is 7.92 Å². The fraction of sp³-hybridized carbons (Fsp3) is 0.400. The highest BCUT2D eigenvalue weighted by Crippen LogP contribution is 2.58. The first kappa shape index (κ1) is 7.93. The highest BCUT2D eigenvalue weighted by molar-refractivity contribution is 7.57. The summed E-state index contributed by atoms with van der Waals surface area (Å²) in [5.74, 6) is -0.368. The van der Waals surface area contributed by atoms with Crippen molar-refractivity contribution in [1.29, 1.82) is 0 Å². The third kappa shape index (κ3) is 1.13. The Morgan fingerprint density at radius 1 is 1.08 bits per heavy atom. The molecule has 2 bridgehead atoms. The van der Waals surface area contributed by atoms with Gasteiger partial charge >= 0.3 is 0 Å². The van der Waals surface area contributed by atoms with Crippen LogP contribution in [0.5, 0.6) is 0 Å². The largest absolute Gasteiger partial charge is 0.341 e. The van der Waals surface area contributed by atoms with Gasteiger partial charge in [-0.05, 0) is 7.92 Å². The molecule has 0 aliphatic carbocycles. The third-order valence-electron chi connectivity index (χ3n) is 2.61. The Morgan fingerprint density at radius 3 is 2.31 bits per heavy atom. The third-order valence-corrected chi connectivity index (χ3v) is 4.46. The van der Waals surface area contributed by atoms with Crippen LogP contribution >= 0.6 is 7.92 Å². The minimum Gasteiger partial charge on any atom is -0.341 e. The van der Waals surface area contributed by atoms with Gasteiger partial charge in [-0.15, -0.1) is 0 Å². The van der Waals surface area contributed by atoms with E-state index >= 15 is 0 Å². The molecular formula is C10H11O2P. The summed E-state index contributed by atoms with van der Waals surface area (Å²) in [5, 5.41) is 0. The summed E-state index contributed by atoms with van der Waals surface area (Å²) in [6.45, 7) is 0. The Bertz CT molecular complexity index is 304. The predicted molar refractivity (Wildman–Crippen MR) is 51.8 cm³/mol. The maximum absolute atomic E-state index is 5.73. The molecule has 2 saturated heterocycles. The standard InChI is InChI=1S/C10H11O2P/c1-2-4-9(5-3-1)10-6-13(7-11-10)8-12-10/h1-5H,6-8H2. The van der Waals surface area contributed by atoms with E-state index in [4.69, 9.17) is 9.47 Å². The quantitative estimate of drug-likeness (QED) is 0.638. The summed E-state index contributed by atoms with van der Waals surface area (Å²) in [6.07, 6.45) is 2.93. The van der Waals surface area contributed by atoms with E-state index < -0.39 is 0 Å². The lowest BCUT2D eigenvalue weighted by Gasteiger charge is -2.26. The number of hydrogen-bond donors (Lipinski definition) is 0. The van der Waals surface area contributed by atoms with E-state index in [9.17, 15) is 0 Å². The summed E-state index contributed by atoms with van der Waals surface area (Å²) in [6, 6.07) is 10.3. The summed E-state index contributed by atoms with van der Waals surface area (Å²) in [5.41, 5.74) is 1.18. The van der Waals surface area contributed by atoms with Crippen LogP contribution in [0.15, 0.2) is 30.3 Å². The van der Waals surface area contributed by atoms with Crippen LogP contribution in [0.2, 0.25) is 0 Å². The van der Waals surface area contributed by atoms with Crippen molar-refractivity contribution in [1.82, 2.24) is 0 Å². The van der Waals surface area contributed by atoms with E-state index in [2.05, 4.69) is 12.1 Å². The summed E-state index contributed by atoms with van der Waals surface area (Å²) < 4.78 is 11.5. The van der Waals surface area contributed by atoms with Crippen LogP contribution in [-0.4, -0.2) is 18.9 Å². The van der Waals surface area contributed by atoms with E-state index in [0.717, 1.165) is 18.9 Å². The topological polar surface area (TPSA) is 18.5 Å². The molecule has 2 nitrogen and oxygen atoms in total. The molecule has 0 amide bonds. The molecule has 0 radical (unpaired) electrons. The maximum atomic E-state index is 5.73. The van der Waals surface area contributed by atoms with Gasteiger partial charge in [0.15, 0.2) is 5.79 Å². The number of benzene rings is 1. The first-order valence-electron chi connectivity index (χ1n) is 4.45. The minimum absolute atomic E-state index is 0.0145. The fourth-order valence-corrected chi connectivity index (χ4v) is 3.89. The van der Waals surface area contributed by atoms with Gasteiger partial charge in [-0.2, -0.15) is 0 Å². The zero-order valence-electron chi connectivity index (χ0n) is 7.27. The molecular weight excluding hydrogens is 183 g/mol. The summed E-state index contributed by atoms with van der Waals surface area (Å²) in [7, 11) is 0.0145. The normalized spacial score (nSPS) is 36.8. The van der Waals surface area contributed by atoms with Crippen LogP contribution in [0, 0.1) is 0 Å². The molecule has 0 spiro atoms. The fourth-order valence-electron chi connectivity index (χ4n) is 1.90. The minimum atomic E-state index is -0.368. The molecule has 0 atom stereocenters. The van der Waals surface area contributed by atoms with Crippen LogP contribution in [-0.2, 0) is 15.3 Å². The van der Waals surface area contributed by atoms with Gasteiger partial charge in [0.25, 0.3) is 0 Å². The van der Waals surface area contributed by atoms with E-state index in [1.54, 1.807) is 0 Å². The second-order valence-corrected chi connectivity index (χ2v) is 5.67. The molecule has 2 aliphatic heterocycles. The molecule has 2 fully saturated rings. The Kier molecular flexibility index (Phi) is 1.69. The zero-order chi connectivity index (χ0) is 8.73. The maximum Gasteiger partial charge on any atom is 0.199 e. The molecule has 2 heterocycles. The van der Waals surface area contributed by atoms with E-state index in [0.29, 0.717) is 0 Å². The second-order valence-electron chi connectivity index (χ2n) is 3.49. The van der Waals surface area contributed by atoms with E-state index in [-0.39, 0.29) is 13.7 Å². The van der Waals surface area contributed by atoms with Gasteiger partial charge in [-0.3, -0.25) is 0 Å². The average molecular weight is 194 g/mol. The first-order valence-corrected chi connectivity index (χ1v) is 6.35. The van der Waals surface area contributed by atoms with Crippen molar-refractivity contribution in [3.8, 4) is 0 Å². The van der Waals surface area contributed by atoms with Crippen LogP contribution in [0.1, 0.15) is 5.56 Å². The smallest absolute Gasteiger partial charge is 0.199 e. The van der Waals surface area contributed by atoms with Gasteiger partial charge in [0.05, 0.1) is 12.7 Å². The monoisotopic (exact) mass is 194 g/mol. The predicted octanol–water partition coefficient (Wildman–Crippen LogP) is 2.30. The number of fused-ring (bicyclic) bond motifs is 2. The number of ether oxygens (including phenoxy) is 2. The molecule has 2 aliphatic rings. The van der Waals surface area contributed by atoms with Gasteiger partial charge in [0, 0.05) is 11.7 Å². The van der Waals surface area contributed by atoms with Crippen molar-refractivity contribution in [2.75, 3.05) is 18.9 Å². The lowest BCUT2D eigenvalue weighted by Crippen LogP contribution is -2.29. The lowest BCUT2D eigenvalue weighted by molar-refractivity contribution is -0.199. The van der Waals surface area contributed by atoms with Crippen molar-refractivity contribution in [2.24, 2.45) is 0 Å². The van der Waals surface area contributed by atoms with Crippen molar-refractivity contribution in [2.45, 2.75) is 5.79 Å². The molecule has 0 aromatic heterocycles. The molecule has 68 valence electrons. The van der Waals surface area contributed by atoms with Gasteiger partial charge in [0.1, 0.15) is 0 Å².